The summed E-state index contributed by atoms with van der Waals surface area (Å²) in [6, 6.07) is 6.43. The van der Waals surface area contributed by atoms with Gasteiger partial charge in [0.2, 0.25) is 5.96 Å². The van der Waals surface area contributed by atoms with Crippen molar-refractivity contribution in [1.29, 1.82) is 5.26 Å². The summed E-state index contributed by atoms with van der Waals surface area (Å²) >= 11 is 0. The van der Waals surface area contributed by atoms with Gasteiger partial charge in [0, 0.05) is 6.54 Å². The standard InChI is InChI=1S/C13H18N4O2S/c1-3-4-9-15-13(16-10-14)17-20(18,19)12-7-5-11(2)6-8-12/h5-8H,3-4,9H2,1-2H3,(H2,15,16,17). The van der Waals surface area contributed by atoms with E-state index < -0.39 is 10.0 Å². The Morgan fingerprint density at radius 2 is 2.00 bits per heavy atom. The number of unbranched alkanes of at least 4 members (excludes halogenated alkanes) is 1. The van der Waals surface area contributed by atoms with Gasteiger partial charge in [0.1, 0.15) is 0 Å². The van der Waals surface area contributed by atoms with Crippen molar-refractivity contribution in [1.82, 2.24) is 10.0 Å². The van der Waals surface area contributed by atoms with E-state index in [-0.39, 0.29) is 10.9 Å². The molecule has 0 fully saturated rings. The molecule has 7 heteroatoms. The van der Waals surface area contributed by atoms with Gasteiger partial charge >= 0.3 is 0 Å². The van der Waals surface area contributed by atoms with Crippen LogP contribution in [0.2, 0.25) is 0 Å². The van der Waals surface area contributed by atoms with Crippen molar-refractivity contribution in [3.05, 3.63) is 29.8 Å². The van der Waals surface area contributed by atoms with Crippen LogP contribution in [0.15, 0.2) is 34.2 Å². The molecular weight excluding hydrogens is 276 g/mol. The summed E-state index contributed by atoms with van der Waals surface area (Å²) in [5, 5.41) is 10.9. The summed E-state index contributed by atoms with van der Waals surface area (Å²) in [4.78, 5) is 4.15. The van der Waals surface area contributed by atoms with Gasteiger partial charge in [-0.3, -0.25) is 10.3 Å². The Labute approximate surface area is 119 Å². The number of aliphatic imine (C=N–C) groups is 1. The third-order valence-electron chi connectivity index (χ3n) is 2.52. The summed E-state index contributed by atoms with van der Waals surface area (Å²) in [5.41, 5.74) is 0.968. The highest BCUT2D eigenvalue weighted by Gasteiger charge is 2.15. The zero-order valence-corrected chi connectivity index (χ0v) is 12.4. The average molecular weight is 294 g/mol. The number of hydrogen-bond donors (Lipinski definition) is 2. The molecule has 0 aliphatic heterocycles. The summed E-state index contributed by atoms with van der Waals surface area (Å²) in [5.74, 6) is -0.0541. The maximum Gasteiger partial charge on any atom is 0.264 e. The lowest BCUT2D eigenvalue weighted by atomic mass is 10.2. The molecule has 6 nitrogen and oxygen atoms in total. The molecule has 0 aromatic heterocycles. The summed E-state index contributed by atoms with van der Waals surface area (Å²) < 4.78 is 26.5. The van der Waals surface area contributed by atoms with Crippen LogP contribution in [0.3, 0.4) is 0 Å². The maximum absolute atomic E-state index is 12.1. The minimum Gasteiger partial charge on any atom is -0.262 e. The molecule has 0 heterocycles. The van der Waals surface area contributed by atoms with Crippen molar-refractivity contribution in [3.63, 3.8) is 0 Å². The topological polar surface area (TPSA) is 94.3 Å². The van der Waals surface area contributed by atoms with Gasteiger partial charge in [-0.2, -0.15) is 5.26 Å². The maximum atomic E-state index is 12.1. The Kier molecular flexibility index (Phi) is 6.00. The number of aryl methyl sites for hydroxylation is 1. The van der Waals surface area contributed by atoms with Crippen LogP contribution in [-0.2, 0) is 10.0 Å². The molecule has 2 N–H and O–H groups in total. The zero-order valence-electron chi connectivity index (χ0n) is 11.5. The molecule has 108 valence electrons. The van der Waals surface area contributed by atoms with E-state index in [1.54, 1.807) is 18.3 Å². The Morgan fingerprint density at radius 3 is 2.55 bits per heavy atom. The smallest absolute Gasteiger partial charge is 0.262 e. The number of benzene rings is 1. The van der Waals surface area contributed by atoms with Crippen LogP contribution in [0.5, 0.6) is 0 Å². The highest BCUT2D eigenvalue weighted by molar-refractivity contribution is 7.90. The Hall–Kier alpha value is -2.07. The van der Waals surface area contributed by atoms with E-state index >= 15 is 0 Å². The molecule has 0 unspecified atom stereocenters. The summed E-state index contributed by atoms with van der Waals surface area (Å²) in [6.45, 7) is 4.33. The normalized spacial score (nSPS) is 11.8. The molecule has 1 rings (SSSR count). The molecule has 0 atom stereocenters. The van der Waals surface area contributed by atoms with Crippen molar-refractivity contribution in [3.8, 4) is 6.19 Å². The van der Waals surface area contributed by atoms with E-state index in [0.717, 1.165) is 18.4 Å². The third kappa shape index (κ3) is 4.90. The first-order valence-corrected chi connectivity index (χ1v) is 7.77. The van der Waals surface area contributed by atoms with E-state index in [1.165, 1.54) is 12.1 Å². The largest absolute Gasteiger partial charge is 0.264 e. The Bertz CT molecular complexity index is 600. The number of nitrogens with zero attached hydrogens (tertiary/aromatic N) is 2. The van der Waals surface area contributed by atoms with Gasteiger partial charge in [0.25, 0.3) is 10.0 Å². The molecule has 0 radical (unpaired) electrons. The Balaban J connectivity index is 2.89. The number of guanidine groups is 1. The second-order valence-corrected chi connectivity index (χ2v) is 5.92. The Morgan fingerprint density at radius 1 is 1.35 bits per heavy atom. The highest BCUT2D eigenvalue weighted by Crippen LogP contribution is 2.09. The highest BCUT2D eigenvalue weighted by atomic mass is 32.2. The predicted molar refractivity (Wildman–Crippen MR) is 77.5 cm³/mol. The lowest BCUT2D eigenvalue weighted by Crippen LogP contribution is -2.39. The van der Waals surface area contributed by atoms with Crippen LogP contribution in [0.4, 0.5) is 0 Å². The molecule has 1 aromatic rings. The van der Waals surface area contributed by atoms with E-state index in [0.29, 0.717) is 6.54 Å². The lowest BCUT2D eigenvalue weighted by molar-refractivity contribution is 0.592. The number of nitrogens with one attached hydrogen (secondary N) is 2. The number of hydrogen-bond acceptors (Lipinski definition) is 4. The van der Waals surface area contributed by atoms with Crippen LogP contribution >= 0.6 is 0 Å². The number of sulfonamides is 1. The minimum atomic E-state index is -3.73. The molecule has 0 saturated heterocycles. The van der Waals surface area contributed by atoms with Crippen molar-refractivity contribution in [2.75, 3.05) is 6.54 Å². The number of rotatable bonds is 5. The molecule has 0 amide bonds. The van der Waals surface area contributed by atoms with E-state index in [4.69, 9.17) is 5.26 Å². The molecule has 0 spiro atoms. The third-order valence-corrected chi connectivity index (χ3v) is 3.87. The van der Waals surface area contributed by atoms with Crippen LogP contribution < -0.4 is 10.0 Å². The van der Waals surface area contributed by atoms with Crippen molar-refractivity contribution in [2.24, 2.45) is 4.99 Å². The molecule has 0 saturated carbocycles. The summed E-state index contributed by atoms with van der Waals surface area (Å²) in [6.07, 6.45) is 3.43. The van der Waals surface area contributed by atoms with E-state index in [1.807, 2.05) is 13.8 Å². The molecular formula is C13H18N4O2S. The number of nitriles is 1. The molecule has 0 aliphatic rings. The first kappa shape index (κ1) is 16.0. The van der Waals surface area contributed by atoms with Crippen molar-refractivity contribution >= 4 is 16.0 Å². The van der Waals surface area contributed by atoms with E-state index in [2.05, 4.69) is 15.0 Å². The molecule has 0 bridgehead atoms. The second-order valence-electron chi connectivity index (χ2n) is 4.24. The molecule has 1 aromatic carbocycles. The fraction of sp³-hybridized carbons (Fsp3) is 0.385. The van der Waals surface area contributed by atoms with E-state index in [9.17, 15) is 8.42 Å². The first-order chi connectivity index (χ1) is 9.49. The van der Waals surface area contributed by atoms with Gasteiger partial charge in [-0.15, -0.1) is 0 Å². The quantitative estimate of drug-likeness (QED) is 0.283. The van der Waals surface area contributed by atoms with Crippen LogP contribution in [0, 0.1) is 18.4 Å². The van der Waals surface area contributed by atoms with Gasteiger partial charge in [-0.05, 0) is 25.5 Å². The first-order valence-electron chi connectivity index (χ1n) is 6.28. The van der Waals surface area contributed by atoms with Crippen LogP contribution in [0.25, 0.3) is 0 Å². The fourth-order valence-electron chi connectivity index (χ4n) is 1.40. The van der Waals surface area contributed by atoms with Gasteiger partial charge < -0.3 is 0 Å². The summed E-state index contributed by atoms with van der Waals surface area (Å²) in [7, 11) is -3.73. The molecule has 0 aliphatic carbocycles. The van der Waals surface area contributed by atoms with Crippen LogP contribution in [0.1, 0.15) is 25.3 Å². The molecule has 20 heavy (non-hydrogen) atoms. The van der Waals surface area contributed by atoms with Crippen molar-refractivity contribution < 1.29 is 8.42 Å². The van der Waals surface area contributed by atoms with Gasteiger partial charge in [-0.1, -0.05) is 31.0 Å². The lowest BCUT2D eigenvalue weighted by Gasteiger charge is -2.09. The average Bonchev–Trinajstić information content (AvgIpc) is 2.39. The van der Waals surface area contributed by atoms with Gasteiger partial charge in [0.15, 0.2) is 6.19 Å². The zero-order chi connectivity index (χ0) is 15.0. The van der Waals surface area contributed by atoms with Crippen molar-refractivity contribution in [2.45, 2.75) is 31.6 Å². The van der Waals surface area contributed by atoms with Gasteiger partial charge in [-0.25, -0.2) is 13.1 Å². The second kappa shape index (κ2) is 7.50. The minimum absolute atomic E-state index is 0.0541. The van der Waals surface area contributed by atoms with Crippen LogP contribution in [-0.4, -0.2) is 20.9 Å². The van der Waals surface area contributed by atoms with Gasteiger partial charge in [0.05, 0.1) is 4.90 Å². The monoisotopic (exact) mass is 294 g/mol. The fourth-order valence-corrected chi connectivity index (χ4v) is 2.39. The predicted octanol–water partition coefficient (Wildman–Crippen LogP) is 1.50. The SMILES string of the molecule is CCCCN=C(NC#N)NS(=O)(=O)c1ccc(C)cc1.